The van der Waals surface area contributed by atoms with E-state index in [4.69, 9.17) is 4.74 Å². The van der Waals surface area contributed by atoms with E-state index in [9.17, 15) is 14.7 Å². The van der Waals surface area contributed by atoms with Crippen LogP contribution in [0.4, 0.5) is 11.4 Å². The molecule has 6 nitrogen and oxygen atoms in total. The highest BCUT2D eigenvalue weighted by atomic mass is 32.1. The fraction of sp³-hybridized carbons (Fsp3) is 0.333. The molecule has 0 aliphatic carbocycles. The van der Waals surface area contributed by atoms with Gasteiger partial charge in [-0.15, -0.1) is 11.3 Å². The third-order valence-electron chi connectivity index (χ3n) is 3.67. The summed E-state index contributed by atoms with van der Waals surface area (Å²) < 4.78 is 4.71. The summed E-state index contributed by atoms with van der Waals surface area (Å²) in [5, 5.41) is 14.4. The molecule has 0 bridgehead atoms. The van der Waals surface area contributed by atoms with Gasteiger partial charge >= 0.3 is 5.97 Å². The van der Waals surface area contributed by atoms with Crippen LogP contribution in [-0.2, 0) is 9.53 Å². The fourth-order valence-corrected chi connectivity index (χ4v) is 3.07. The van der Waals surface area contributed by atoms with Gasteiger partial charge in [0.15, 0.2) is 0 Å². The maximum absolute atomic E-state index is 12.4. The van der Waals surface area contributed by atoms with Crippen LogP contribution in [0.1, 0.15) is 23.0 Å². The molecule has 1 aromatic heterocycles. The number of nitrogens with one attached hydrogen (secondary N) is 1. The molecule has 25 heavy (non-hydrogen) atoms. The normalized spacial score (nSPS) is 11.6. The molecule has 2 rings (SSSR count). The maximum Gasteiger partial charge on any atom is 0.350 e. The molecule has 2 aromatic rings. The van der Waals surface area contributed by atoms with Crippen molar-refractivity contribution >= 4 is 34.6 Å². The Morgan fingerprint density at radius 1 is 1.28 bits per heavy atom. The topological polar surface area (TPSA) is 78.9 Å². The van der Waals surface area contributed by atoms with Crippen LogP contribution in [0.25, 0.3) is 0 Å². The van der Waals surface area contributed by atoms with Gasteiger partial charge in [0.2, 0.25) is 5.91 Å². The molecule has 1 unspecified atom stereocenters. The van der Waals surface area contributed by atoms with Gasteiger partial charge in [-0.25, -0.2) is 4.79 Å². The molecular weight excluding hydrogens is 340 g/mol. The largest absolute Gasteiger partial charge is 0.465 e. The number of amides is 1. The van der Waals surface area contributed by atoms with E-state index in [0.717, 1.165) is 5.69 Å². The highest BCUT2D eigenvalue weighted by Gasteiger charge is 2.18. The highest BCUT2D eigenvalue weighted by Crippen LogP contribution is 2.23. The second kappa shape index (κ2) is 9.19. The second-order valence-corrected chi connectivity index (χ2v) is 6.40. The van der Waals surface area contributed by atoms with Gasteiger partial charge in [-0.1, -0.05) is 25.1 Å². The second-order valence-electron chi connectivity index (χ2n) is 5.48. The summed E-state index contributed by atoms with van der Waals surface area (Å²) in [6.45, 7) is 2.31. The molecule has 0 aliphatic heterocycles. The summed E-state index contributed by atoms with van der Waals surface area (Å²) in [6, 6.07) is 11.1. The number of aliphatic hydroxyl groups excluding tert-OH is 1. The lowest BCUT2D eigenvalue weighted by Crippen LogP contribution is -2.38. The van der Waals surface area contributed by atoms with Gasteiger partial charge in [0.1, 0.15) is 4.88 Å². The third-order valence-corrected chi connectivity index (χ3v) is 4.56. The van der Waals surface area contributed by atoms with Crippen LogP contribution >= 0.6 is 11.3 Å². The number of hydrogen-bond donors (Lipinski definition) is 2. The molecule has 1 atom stereocenters. The van der Waals surface area contributed by atoms with Crippen LogP contribution in [0.3, 0.4) is 0 Å². The minimum Gasteiger partial charge on any atom is -0.465 e. The summed E-state index contributed by atoms with van der Waals surface area (Å²) in [7, 11) is 1.30. The standard InChI is InChI=1S/C18H22N2O4S/c1-3-14(21)11-20(13-7-5-4-6-8-13)12-16(22)19-15-9-10-25-17(15)18(23)24-2/h4-10,14,21H,3,11-12H2,1-2H3,(H,19,22). The van der Waals surface area contributed by atoms with Crippen LogP contribution in [0.2, 0.25) is 0 Å². The molecule has 0 aliphatic rings. The number of aliphatic hydroxyl groups is 1. The average molecular weight is 362 g/mol. The minimum atomic E-state index is -0.528. The molecule has 0 radical (unpaired) electrons. The van der Waals surface area contributed by atoms with Crippen LogP contribution in [0.15, 0.2) is 41.8 Å². The zero-order chi connectivity index (χ0) is 18.2. The lowest BCUT2D eigenvalue weighted by atomic mass is 10.2. The molecule has 2 N–H and O–H groups in total. The van der Waals surface area contributed by atoms with Crippen LogP contribution in [0.5, 0.6) is 0 Å². The van der Waals surface area contributed by atoms with Crippen molar-refractivity contribution in [2.45, 2.75) is 19.4 Å². The molecule has 0 fully saturated rings. The van der Waals surface area contributed by atoms with Gasteiger partial charge in [0, 0.05) is 12.2 Å². The number of nitrogens with zero attached hydrogens (tertiary/aromatic N) is 1. The van der Waals surface area contributed by atoms with Gasteiger partial charge in [-0.05, 0) is 30.0 Å². The third kappa shape index (κ3) is 5.30. The maximum atomic E-state index is 12.4. The molecule has 7 heteroatoms. The van der Waals surface area contributed by atoms with E-state index in [-0.39, 0.29) is 12.5 Å². The minimum absolute atomic E-state index is 0.0670. The Bertz CT molecular complexity index is 702. The Labute approximate surface area is 151 Å². The van der Waals surface area contributed by atoms with E-state index >= 15 is 0 Å². The van der Waals surface area contributed by atoms with E-state index in [2.05, 4.69) is 5.32 Å². The van der Waals surface area contributed by atoms with Gasteiger partial charge in [-0.3, -0.25) is 4.79 Å². The number of anilines is 2. The summed E-state index contributed by atoms with van der Waals surface area (Å²) in [6.07, 6.45) is 0.0712. The first kappa shape index (κ1) is 19.0. The smallest absolute Gasteiger partial charge is 0.350 e. The highest BCUT2D eigenvalue weighted by molar-refractivity contribution is 7.12. The van der Waals surface area contributed by atoms with Crippen molar-refractivity contribution in [2.75, 3.05) is 30.4 Å². The number of hydrogen-bond acceptors (Lipinski definition) is 6. The Morgan fingerprint density at radius 2 is 2.00 bits per heavy atom. The lowest BCUT2D eigenvalue weighted by Gasteiger charge is -2.26. The number of methoxy groups -OCH3 is 1. The number of benzene rings is 1. The zero-order valence-electron chi connectivity index (χ0n) is 14.3. The van der Waals surface area contributed by atoms with Crippen LogP contribution < -0.4 is 10.2 Å². The summed E-state index contributed by atoms with van der Waals surface area (Å²) in [4.78, 5) is 26.3. The monoisotopic (exact) mass is 362 g/mol. The Morgan fingerprint density at radius 3 is 2.64 bits per heavy atom. The first-order chi connectivity index (χ1) is 12.0. The summed E-state index contributed by atoms with van der Waals surface area (Å²) >= 11 is 1.21. The molecule has 0 spiro atoms. The van der Waals surface area contributed by atoms with E-state index in [0.29, 0.717) is 23.5 Å². The predicted molar refractivity (Wildman–Crippen MR) is 99.2 cm³/mol. The van der Waals surface area contributed by atoms with Crippen molar-refractivity contribution in [1.29, 1.82) is 0 Å². The summed E-state index contributed by atoms with van der Waals surface area (Å²) in [5.41, 5.74) is 1.29. The number of carbonyl (C=O) groups excluding carboxylic acids is 2. The Balaban J connectivity index is 2.09. The molecule has 1 amide bonds. The lowest BCUT2D eigenvalue weighted by molar-refractivity contribution is -0.115. The number of para-hydroxylation sites is 1. The zero-order valence-corrected chi connectivity index (χ0v) is 15.1. The van der Waals surface area contributed by atoms with Crippen molar-refractivity contribution < 1.29 is 19.4 Å². The van der Waals surface area contributed by atoms with E-state index in [1.165, 1.54) is 18.4 Å². The van der Waals surface area contributed by atoms with E-state index in [1.54, 1.807) is 11.4 Å². The quantitative estimate of drug-likeness (QED) is 0.706. The molecule has 1 heterocycles. The Hall–Kier alpha value is -2.38. The molecule has 0 saturated heterocycles. The summed E-state index contributed by atoms with van der Waals surface area (Å²) in [5.74, 6) is -0.748. The number of carbonyl (C=O) groups is 2. The van der Waals surface area contributed by atoms with Gasteiger partial charge in [0.05, 0.1) is 25.4 Å². The number of ether oxygens (including phenoxy) is 1. The van der Waals surface area contributed by atoms with Crippen LogP contribution in [-0.4, -0.2) is 43.3 Å². The van der Waals surface area contributed by atoms with Crippen molar-refractivity contribution in [1.82, 2.24) is 0 Å². The van der Waals surface area contributed by atoms with Crippen molar-refractivity contribution in [3.8, 4) is 0 Å². The fourth-order valence-electron chi connectivity index (χ4n) is 2.31. The molecule has 1 aromatic carbocycles. The van der Waals surface area contributed by atoms with Crippen molar-refractivity contribution in [3.05, 3.63) is 46.7 Å². The predicted octanol–water partition coefficient (Wildman–Crippen LogP) is 2.75. The first-order valence-electron chi connectivity index (χ1n) is 7.98. The number of rotatable bonds is 8. The van der Waals surface area contributed by atoms with Gasteiger partial charge in [-0.2, -0.15) is 0 Å². The average Bonchev–Trinajstić information content (AvgIpc) is 3.09. The van der Waals surface area contributed by atoms with E-state index < -0.39 is 12.1 Å². The van der Waals surface area contributed by atoms with E-state index in [1.807, 2.05) is 42.2 Å². The number of thiophene rings is 1. The van der Waals surface area contributed by atoms with Crippen molar-refractivity contribution in [2.24, 2.45) is 0 Å². The molecule has 134 valence electrons. The van der Waals surface area contributed by atoms with Crippen molar-refractivity contribution in [3.63, 3.8) is 0 Å². The first-order valence-corrected chi connectivity index (χ1v) is 8.86. The number of esters is 1. The van der Waals surface area contributed by atoms with Gasteiger partial charge in [0.25, 0.3) is 0 Å². The molecule has 0 saturated carbocycles. The Kier molecular flexibility index (Phi) is 6.97. The van der Waals surface area contributed by atoms with Gasteiger partial charge < -0.3 is 20.1 Å². The molecular formula is C18H22N2O4S. The van der Waals surface area contributed by atoms with Crippen LogP contribution in [0, 0.1) is 0 Å². The SMILES string of the molecule is CCC(O)CN(CC(=O)Nc1ccsc1C(=O)OC)c1ccccc1.